The number of methoxy groups -OCH3 is 1. The summed E-state index contributed by atoms with van der Waals surface area (Å²) in [6.07, 6.45) is 1.52. The van der Waals surface area contributed by atoms with E-state index in [2.05, 4.69) is 5.32 Å². The number of nitro benzene ring substituents is 1. The number of anilines is 1. The molecule has 0 atom stereocenters. The highest BCUT2D eigenvalue weighted by atomic mass is 32.2. The predicted molar refractivity (Wildman–Crippen MR) is 135 cm³/mol. The maximum absolute atomic E-state index is 13.2. The highest BCUT2D eigenvalue weighted by molar-refractivity contribution is 8.04. The lowest BCUT2D eigenvalue weighted by molar-refractivity contribution is -0.385. The number of fused-ring (bicyclic) bond motifs is 1. The van der Waals surface area contributed by atoms with E-state index < -0.39 is 14.8 Å². The Bertz CT molecular complexity index is 1480. The summed E-state index contributed by atoms with van der Waals surface area (Å²) in [7, 11) is -2.30. The van der Waals surface area contributed by atoms with Gasteiger partial charge in [-0.2, -0.15) is 0 Å². The molecule has 8 nitrogen and oxygen atoms in total. The highest BCUT2D eigenvalue weighted by Gasteiger charge is 2.25. The zero-order chi connectivity index (χ0) is 25.3. The van der Waals surface area contributed by atoms with E-state index in [0.717, 1.165) is 28.5 Å². The molecular weight excluding hydrogens is 488 g/mol. The van der Waals surface area contributed by atoms with E-state index in [1.165, 1.54) is 31.4 Å². The van der Waals surface area contributed by atoms with E-state index in [4.69, 9.17) is 4.74 Å². The fourth-order valence-corrected chi connectivity index (χ4v) is 6.41. The van der Waals surface area contributed by atoms with E-state index in [1.54, 1.807) is 18.2 Å². The van der Waals surface area contributed by atoms with Crippen LogP contribution in [0.15, 0.2) is 69.3 Å². The van der Waals surface area contributed by atoms with Gasteiger partial charge in [-0.3, -0.25) is 14.9 Å². The first-order valence-corrected chi connectivity index (χ1v) is 13.0. The quantitative estimate of drug-likeness (QED) is 0.272. The van der Waals surface area contributed by atoms with E-state index in [0.29, 0.717) is 16.1 Å². The SMILES string of the molecule is COc1ccc(C=C2Sc3cc(S(=O)(=O)Cc4c(C)cccc4C)ccc3NC2=O)cc1[N+](=O)[O-]. The van der Waals surface area contributed by atoms with Gasteiger partial charge in [-0.1, -0.05) is 36.0 Å². The third-order valence-corrected chi connectivity index (χ3v) is 8.40. The first-order valence-electron chi connectivity index (χ1n) is 10.5. The molecule has 0 unspecified atom stereocenters. The van der Waals surface area contributed by atoms with E-state index in [-0.39, 0.29) is 32.9 Å². The molecular formula is C25H22N2O6S2. The van der Waals surface area contributed by atoms with Crippen molar-refractivity contribution in [3.63, 3.8) is 0 Å². The number of ether oxygens (including phenoxy) is 1. The van der Waals surface area contributed by atoms with Crippen molar-refractivity contribution < 1.29 is 22.9 Å². The molecule has 3 aromatic rings. The minimum Gasteiger partial charge on any atom is -0.490 e. The molecule has 1 heterocycles. The van der Waals surface area contributed by atoms with Crippen LogP contribution in [0.25, 0.3) is 6.08 Å². The summed E-state index contributed by atoms with van der Waals surface area (Å²) in [6.45, 7) is 3.77. The van der Waals surface area contributed by atoms with E-state index in [1.807, 2.05) is 32.0 Å². The maximum atomic E-state index is 13.2. The second kappa shape index (κ2) is 9.55. The minimum absolute atomic E-state index is 0.113. The van der Waals surface area contributed by atoms with Crippen LogP contribution in [-0.4, -0.2) is 26.4 Å². The molecule has 0 fully saturated rings. The molecule has 0 saturated heterocycles. The molecule has 180 valence electrons. The summed E-state index contributed by atoms with van der Waals surface area (Å²) >= 11 is 1.11. The lowest BCUT2D eigenvalue weighted by atomic mass is 10.1. The van der Waals surface area contributed by atoms with E-state index >= 15 is 0 Å². The number of nitro groups is 1. The van der Waals surface area contributed by atoms with Gasteiger partial charge in [0.15, 0.2) is 15.6 Å². The number of aryl methyl sites for hydroxylation is 2. The fraction of sp³-hybridized carbons (Fsp3) is 0.160. The topological polar surface area (TPSA) is 116 Å². The Morgan fingerprint density at radius 2 is 1.80 bits per heavy atom. The Morgan fingerprint density at radius 3 is 2.46 bits per heavy atom. The van der Waals surface area contributed by atoms with Gasteiger partial charge in [0.25, 0.3) is 5.91 Å². The first kappa shape index (κ1) is 24.5. The van der Waals surface area contributed by atoms with Crippen LogP contribution in [0, 0.1) is 24.0 Å². The molecule has 0 aliphatic carbocycles. The summed E-state index contributed by atoms with van der Waals surface area (Å²) in [4.78, 5) is 24.4. The summed E-state index contributed by atoms with van der Waals surface area (Å²) in [6, 6.07) is 14.7. The Balaban J connectivity index is 1.66. The highest BCUT2D eigenvalue weighted by Crippen LogP contribution is 2.41. The van der Waals surface area contributed by atoms with Crippen LogP contribution in [-0.2, 0) is 20.4 Å². The molecule has 0 aromatic heterocycles. The molecule has 1 aliphatic heterocycles. The molecule has 0 saturated carbocycles. The Hall–Kier alpha value is -3.63. The van der Waals surface area contributed by atoms with Gasteiger partial charge in [-0.15, -0.1) is 0 Å². The van der Waals surface area contributed by atoms with Crippen LogP contribution in [0.1, 0.15) is 22.3 Å². The molecule has 10 heteroatoms. The first-order chi connectivity index (χ1) is 16.6. The number of rotatable bonds is 6. The zero-order valence-electron chi connectivity index (χ0n) is 19.2. The summed E-state index contributed by atoms with van der Waals surface area (Å²) in [5, 5.41) is 14.1. The molecule has 0 bridgehead atoms. The Labute approximate surface area is 207 Å². The van der Waals surface area contributed by atoms with Gasteiger partial charge in [-0.25, -0.2) is 8.42 Å². The van der Waals surface area contributed by atoms with Gasteiger partial charge in [0.1, 0.15) is 0 Å². The van der Waals surface area contributed by atoms with Crippen molar-refractivity contribution in [2.45, 2.75) is 29.4 Å². The molecule has 1 aliphatic rings. The predicted octanol–water partition coefficient (Wildman–Crippen LogP) is 5.28. The number of benzene rings is 3. The van der Waals surface area contributed by atoms with Crippen molar-refractivity contribution in [1.82, 2.24) is 0 Å². The maximum Gasteiger partial charge on any atom is 0.311 e. The molecule has 0 radical (unpaired) electrons. The van der Waals surface area contributed by atoms with Crippen LogP contribution in [0.2, 0.25) is 0 Å². The molecule has 0 spiro atoms. The van der Waals surface area contributed by atoms with Crippen LogP contribution < -0.4 is 10.1 Å². The van der Waals surface area contributed by atoms with Gasteiger partial charge in [0, 0.05) is 11.0 Å². The van der Waals surface area contributed by atoms with Gasteiger partial charge < -0.3 is 10.1 Å². The number of sulfone groups is 1. The summed E-state index contributed by atoms with van der Waals surface area (Å²) in [5.74, 6) is -0.395. The number of hydrogen-bond acceptors (Lipinski definition) is 7. The fourth-order valence-electron chi connectivity index (χ4n) is 3.77. The molecule has 1 N–H and O–H groups in total. The van der Waals surface area contributed by atoms with Crippen LogP contribution in [0.4, 0.5) is 11.4 Å². The molecule has 4 rings (SSSR count). The largest absolute Gasteiger partial charge is 0.490 e. The van der Waals surface area contributed by atoms with Crippen molar-refractivity contribution in [3.8, 4) is 5.75 Å². The third-order valence-electron chi connectivity index (χ3n) is 5.68. The lowest BCUT2D eigenvalue weighted by Gasteiger charge is -2.20. The Morgan fingerprint density at radius 1 is 1.09 bits per heavy atom. The van der Waals surface area contributed by atoms with Crippen molar-refractivity contribution in [2.75, 3.05) is 12.4 Å². The number of carbonyl (C=O) groups excluding carboxylic acids is 1. The molecule has 35 heavy (non-hydrogen) atoms. The second-order valence-corrected chi connectivity index (χ2v) is 11.1. The van der Waals surface area contributed by atoms with Crippen molar-refractivity contribution in [3.05, 3.63) is 91.9 Å². The van der Waals surface area contributed by atoms with Crippen LogP contribution >= 0.6 is 11.8 Å². The van der Waals surface area contributed by atoms with Gasteiger partial charge in [-0.05, 0) is 66.4 Å². The molecule has 1 amide bonds. The number of hydrogen-bond donors (Lipinski definition) is 1. The zero-order valence-corrected chi connectivity index (χ0v) is 20.8. The van der Waals surface area contributed by atoms with Crippen LogP contribution in [0.3, 0.4) is 0 Å². The average molecular weight is 511 g/mol. The Kier molecular flexibility index (Phi) is 6.68. The van der Waals surface area contributed by atoms with Gasteiger partial charge in [0.05, 0.1) is 33.3 Å². The van der Waals surface area contributed by atoms with E-state index in [9.17, 15) is 23.3 Å². The van der Waals surface area contributed by atoms with Crippen molar-refractivity contribution >= 4 is 45.0 Å². The summed E-state index contributed by atoms with van der Waals surface area (Å²) in [5.41, 5.74) is 3.32. The number of nitrogens with zero attached hydrogens (tertiary/aromatic N) is 1. The van der Waals surface area contributed by atoms with Gasteiger partial charge >= 0.3 is 5.69 Å². The van der Waals surface area contributed by atoms with Crippen LogP contribution in [0.5, 0.6) is 5.75 Å². The summed E-state index contributed by atoms with van der Waals surface area (Å²) < 4.78 is 31.4. The van der Waals surface area contributed by atoms with Crippen molar-refractivity contribution in [1.29, 1.82) is 0 Å². The third kappa shape index (κ3) is 5.08. The minimum atomic E-state index is -3.64. The smallest absolute Gasteiger partial charge is 0.311 e. The monoisotopic (exact) mass is 510 g/mol. The van der Waals surface area contributed by atoms with Gasteiger partial charge in [0.2, 0.25) is 0 Å². The number of thioether (sulfide) groups is 1. The lowest BCUT2D eigenvalue weighted by Crippen LogP contribution is -2.18. The molecule has 3 aromatic carbocycles. The number of amides is 1. The number of nitrogens with one attached hydrogen (secondary N) is 1. The average Bonchev–Trinajstić information content (AvgIpc) is 2.81. The number of carbonyl (C=O) groups is 1. The second-order valence-electron chi connectivity index (χ2n) is 8.04. The standard InChI is InChI=1S/C25H22N2O6S2/c1-15-5-4-6-16(2)19(15)14-35(31,32)18-8-9-20-23(13-18)34-24(25(28)26-20)12-17-7-10-22(33-3)21(11-17)27(29)30/h4-13H,14H2,1-3H3,(H,26,28). The normalized spacial score (nSPS) is 14.4. The van der Waals surface area contributed by atoms with Crippen molar-refractivity contribution in [2.24, 2.45) is 0 Å².